The Labute approximate surface area is 101 Å². The number of H-pyrrole nitrogens is 1. The molecular formula is C14H15N3. The van der Waals surface area contributed by atoms with Gasteiger partial charge in [-0.1, -0.05) is 18.2 Å². The van der Waals surface area contributed by atoms with Crippen LogP contribution < -0.4 is 0 Å². The van der Waals surface area contributed by atoms with Crippen LogP contribution in [0.25, 0.3) is 0 Å². The maximum atomic E-state index is 4.25. The lowest BCUT2D eigenvalue weighted by molar-refractivity contribution is 0.677. The Morgan fingerprint density at radius 2 is 1.76 bits per heavy atom. The predicted octanol–water partition coefficient (Wildman–Crippen LogP) is 4.31. The maximum Gasteiger partial charge on any atom is 0.153 e. The van der Waals surface area contributed by atoms with Crippen molar-refractivity contribution in [3.63, 3.8) is 0 Å². The molecule has 0 aliphatic heterocycles. The van der Waals surface area contributed by atoms with E-state index in [0.29, 0.717) is 0 Å². The molecule has 3 heteroatoms. The third-order valence-electron chi connectivity index (χ3n) is 3.13. The number of fused-ring (bicyclic) bond motifs is 1. The lowest BCUT2D eigenvalue weighted by Crippen LogP contribution is -1.99. The molecule has 1 heterocycles. The molecule has 2 aromatic rings. The highest BCUT2D eigenvalue weighted by Crippen LogP contribution is 2.26. The summed E-state index contributed by atoms with van der Waals surface area (Å²) in [5, 5.41) is 8.46. The molecule has 1 aliphatic rings. The van der Waals surface area contributed by atoms with E-state index >= 15 is 0 Å². The van der Waals surface area contributed by atoms with Crippen molar-refractivity contribution in [1.29, 1.82) is 0 Å². The van der Waals surface area contributed by atoms with Crippen LogP contribution in [0.1, 0.15) is 24.1 Å². The Hall–Kier alpha value is -1.90. The second kappa shape index (κ2) is 4.53. The number of rotatable bonds is 2. The van der Waals surface area contributed by atoms with Crippen LogP contribution in [0.15, 0.2) is 46.6 Å². The Morgan fingerprint density at radius 3 is 2.59 bits per heavy atom. The van der Waals surface area contributed by atoms with E-state index in [0.717, 1.165) is 17.9 Å². The molecule has 17 heavy (non-hydrogen) atoms. The standard InChI is InChI=1S/C14H15N3/c1-2-7-12(8-3-1)16-17-14-10-11-6-4-5-9-13(11)15-14/h1-3,7-8,10,15H,4-6,9H2/b17-16-. The van der Waals surface area contributed by atoms with Gasteiger partial charge in [-0.3, -0.25) is 0 Å². The normalized spacial score (nSPS) is 15.1. The first-order chi connectivity index (χ1) is 8.42. The largest absolute Gasteiger partial charge is 0.342 e. The topological polar surface area (TPSA) is 40.5 Å². The van der Waals surface area contributed by atoms with Gasteiger partial charge in [0.1, 0.15) is 0 Å². The second-order valence-electron chi connectivity index (χ2n) is 4.40. The number of nitrogens with one attached hydrogen (secondary N) is 1. The molecule has 1 aromatic heterocycles. The van der Waals surface area contributed by atoms with Crippen molar-refractivity contribution in [2.45, 2.75) is 25.7 Å². The molecule has 86 valence electrons. The molecule has 0 atom stereocenters. The summed E-state index contributed by atoms with van der Waals surface area (Å²) in [7, 11) is 0. The first-order valence-electron chi connectivity index (χ1n) is 6.09. The second-order valence-corrected chi connectivity index (χ2v) is 4.40. The van der Waals surface area contributed by atoms with E-state index < -0.39 is 0 Å². The van der Waals surface area contributed by atoms with Gasteiger partial charge in [0.25, 0.3) is 0 Å². The number of aromatic nitrogens is 1. The van der Waals surface area contributed by atoms with Gasteiger partial charge >= 0.3 is 0 Å². The lowest BCUT2D eigenvalue weighted by Gasteiger charge is -2.08. The Bertz CT molecular complexity index is 502. The van der Waals surface area contributed by atoms with Crippen molar-refractivity contribution in [2.75, 3.05) is 0 Å². The molecule has 3 nitrogen and oxygen atoms in total. The molecule has 1 aromatic carbocycles. The summed E-state index contributed by atoms with van der Waals surface area (Å²) in [4.78, 5) is 3.34. The highest BCUT2D eigenvalue weighted by Gasteiger charge is 2.11. The van der Waals surface area contributed by atoms with Gasteiger partial charge in [0, 0.05) is 5.69 Å². The zero-order valence-corrected chi connectivity index (χ0v) is 9.69. The fraction of sp³-hybridized carbons (Fsp3) is 0.286. The molecule has 0 fully saturated rings. The summed E-state index contributed by atoms with van der Waals surface area (Å²) < 4.78 is 0. The van der Waals surface area contributed by atoms with Gasteiger partial charge in [-0.05, 0) is 49.4 Å². The summed E-state index contributed by atoms with van der Waals surface area (Å²) in [5.41, 5.74) is 3.65. The van der Waals surface area contributed by atoms with Crippen LogP contribution in [-0.2, 0) is 12.8 Å². The van der Waals surface area contributed by atoms with Crippen molar-refractivity contribution in [3.05, 3.63) is 47.7 Å². The Balaban J connectivity index is 1.81. The molecule has 1 N–H and O–H groups in total. The average Bonchev–Trinajstić information content (AvgIpc) is 2.80. The minimum absolute atomic E-state index is 0.876. The SMILES string of the molecule is c1ccc(/N=N\c2cc3c([nH]2)CCCC3)cc1. The molecule has 0 bridgehead atoms. The van der Waals surface area contributed by atoms with E-state index in [9.17, 15) is 0 Å². The van der Waals surface area contributed by atoms with Crippen molar-refractivity contribution in [3.8, 4) is 0 Å². The first-order valence-corrected chi connectivity index (χ1v) is 6.09. The van der Waals surface area contributed by atoms with Crippen molar-refractivity contribution < 1.29 is 0 Å². The van der Waals surface area contributed by atoms with Gasteiger partial charge in [-0.2, -0.15) is 0 Å². The first kappa shape index (κ1) is 10.3. The average molecular weight is 225 g/mol. The van der Waals surface area contributed by atoms with Crippen LogP contribution in [0, 0.1) is 0 Å². The monoisotopic (exact) mass is 225 g/mol. The molecular weight excluding hydrogens is 210 g/mol. The zero-order chi connectivity index (χ0) is 11.5. The van der Waals surface area contributed by atoms with Crippen molar-refractivity contribution >= 4 is 11.5 Å². The van der Waals surface area contributed by atoms with E-state index in [1.54, 1.807) is 0 Å². The smallest absolute Gasteiger partial charge is 0.153 e. The van der Waals surface area contributed by atoms with Crippen molar-refractivity contribution in [2.24, 2.45) is 10.2 Å². The number of aryl methyl sites for hydroxylation is 2. The van der Waals surface area contributed by atoms with Crippen LogP contribution in [-0.4, -0.2) is 4.98 Å². The van der Waals surface area contributed by atoms with Gasteiger partial charge in [0.05, 0.1) is 5.69 Å². The van der Waals surface area contributed by atoms with E-state index in [4.69, 9.17) is 0 Å². The Kier molecular flexibility index (Phi) is 2.74. The van der Waals surface area contributed by atoms with Crippen LogP contribution in [0.2, 0.25) is 0 Å². The maximum absolute atomic E-state index is 4.25. The van der Waals surface area contributed by atoms with Crippen LogP contribution in [0.5, 0.6) is 0 Å². The highest BCUT2D eigenvalue weighted by atomic mass is 15.1. The molecule has 0 amide bonds. The number of azo groups is 1. The van der Waals surface area contributed by atoms with Gasteiger partial charge in [-0.25, -0.2) is 0 Å². The molecule has 1 aliphatic carbocycles. The highest BCUT2D eigenvalue weighted by molar-refractivity contribution is 5.41. The lowest BCUT2D eigenvalue weighted by atomic mass is 9.98. The summed E-state index contributed by atoms with van der Waals surface area (Å²) in [6.07, 6.45) is 4.89. The van der Waals surface area contributed by atoms with E-state index in [-0.39, 0.29) is 0 Å². The Morgan fingerprint density at radius 1 is 0.941 bits per heavy atom. The molecule has 3 rings (SSSR count). The number of benzene rings is 1. The van der Waals surface area contributed by atoms with E-state index in [2.05, 4.69) is 21.3 Å². The van der Waals surface area contributed by atoms with E-state index in [1.165, 1.54) is 30.5 Å². The minimum Gasteiger partial charge on any atom is -0.342 e. The van der Waals surface area contributed by atoms with Gasteiger partial charge in [-0.15, -0.1) is 10.2 Å². The summed E-state index contributed by atoms with van der Waals surface area (Å²) in [6, 6.07) is 11.9. The molecule has 0 saturated heterocycles. The van der Waals surface area contributed by atoms with Crippen LogP contribution >= 0.6 is 0 Å². The molecule has 0 unspecified atom stereocenters. The summed E-state index contributed by atoms with van der Waals surface area (Å²) >= 11 is 0. The molecule has 0 saturated carbocycles. The third kappa shape index (κ3) is 2.28. The van der Waals surface area contributed by atoms with Crippen LogP contribution in [0.4, 0.5) is 11.5 Å². The summed E-state index contributed by atoms with van der Waals surface area (Å²) in [6.45, 7) is 0. The number of hydrogen-bond acceptors (Lipinski definition) is 2. The van der Waals surface area contributed by atoms with Crippen molar-refractivity contribution in [1.82, 2.24) is 4.98 Å². The predicted molar refractivity (Wildman–Crippen MR) is 68.1 cm³/mol. The molecule has 0 radical (unpaired) electrons. The number of aromatic amines is 1. The summed E-state index contributed by atoms with van der Waals surface area (Å²) in [5.74, 6) is 0.876. The number of nitrogens with zero attached hydrogens (tertiary/aromatic N) is 2. The van der Waals surface area contributed by atoms with Gasteiger partial charge in [0.15, 0.2) is 5.82 Å². The minimum atomic E-state index is 0.876. The fourth-order valence-electron chi connectivity index (χ4n) is 2.25. The zero-order valence-electron chi connectivity index (χ0n) is 9.69. The van der Waals surface area contributed by atoms with E-state index in [1.807, 2.05) is 30.3 Å². The quantitative estimate of drug-likeness (QED) is 0.740. The number of hydrogen-bond donors (Lipinski definition) is 1. The van der Waals surface area contributed by atoms with Gasteiger partial charge in [0.2, 0.25) is 0 Å². The van der Waals surface area contributed by atoms with Gasteiger partial charge < -0.3 is 4.98 Å². The third-order valence-corrected chi connectivity index (χ3v) is 3.13. The fourth-order valence-corrected chi connectivity index (χ4v) is 2.25. The van der Waals surface area contributed by atoms with Crippen LogP contribution in [0.3, 0.4) is 0 Å². The molecule has 0 spiro atoms.